The molecule has 1 saturated heterocycles. The third-order valence-corrected chi connectivity index (χ3v) is 8.12. The van der Waals surface area contributed by atoms with Crippen LogP contribution in [0.15, 0.2) is 42.6 Å². The fourth-order valence-electron chi connectivity index (χ4n) is 5.95. The molecule has 2 N–H and O–H groups in total. The first kappa shape index (κ1) is 24.3. The maximum absolute atomic E-state index is 13.8. The maximum Gasteiger partial charge on any atom is 0.326 e. The number of hydrogen-bond acceptors (Lipinski definition) is 5. The Morgan fingerprint density at radius 1 is 1.18 bits per heavy atom. The van der Waals surface area contributed by atoms with Crippen LogP contribution in [0.4, 0.5) is 4.39 Å². The zero-order chi connectivity index (χ0) is 26.8. The van der Waals surface area contributed by atoms with Gasteiger partial charge in [-0.1, -0.05) is 26.0 Å². The molecule has 0 radical (unpaired) electrons. The lowest BCUT2D eigenvalue weighted by Crippen LogP contribution is -2.51. The van der Waals surface area contributed by atoms with Crippen molar-refractivity contribution in [1.82, 2.24) is 20.1 Å². The Kier molecular flexibility index (Phi) is 5.63. The molecule has 1 amide bonds. The fraction of sp³-hybridized carbons (Fsp3) is 0.379. The summed E-state index contributed by atoms with van der Waals surface area (Å²) in [6, 6.07) is 9.63. The highest BCUT2D eigenvalue weighted by Crippen LogP contribution is 2.51. The maximum atomic E-state index is 13.8. The molecule has 1 unspecified atom stereocenters. The number of carboxylic acid groups (broad SMARTS) is 1. The summed E-state index contributed by atoms with van der Waals surface area (Å²) in [5.74, 6) is -0.834. The number of aromatic nitrogens is 3. The van der Waals surface area contributed by atoms with E-state index in [1.807, 2.05) is 6.07 Å². The number of fused-ring (bicyclic) bond motifs is 2. The van der Waals surface area contributed by atoms with Crippen LogP contribution in [-0.2, 0) is 9.59 Å². The Balaban J connectivity index is 1.38. The molecule has 1 saturated carbocycles. The number of amides is 1. The number of nitrogens with zero attached hydrogens (tertiary/aromatic N) is 3. The molecule has 0 bridgehead atoms. The summed E-state index contributed by atoms with van der Waals surface area (Å²) in [7, 11) is 0. The first-order valence-electron chi connectivity index (χ1n) is 12.9. The number of nitrogens with one attached hydrogen (secondary N) is 1. The summed E-state index contributed by atoms with van der Waals surface area (Å²) >= 11 is 0. The SMILES string of the molecule is CC(C)c1nc(O[C@H]2C[C@@]3(CCN(C(C)C(=O)O)C3=O)C2)c2cc3[nH]ncc3cc2c1-c1ccc(F)cc1. The largest absolute Gasteiger partial charge is 0.480 e. The first-order valence-corrected chi connectivity index (χ1v) is 12.9. The van der Waals surface area contributed by atoms with Crippen molar-refractivity contribution in [2.45, 2.75) is 58.1 Å². The number of rotatable bonds is 6. The highest BCUT2D eigenvalue weighted by atomic mass is 19.1. The molecule has 2 fully saturated rings. The van der Waals surface area contributed by atoms with Crippen LogP contribution in [0.3, 0.4) is 0 Å². The van der Waals surface area contributed by atoms with Crippen LogP contribution in [0.5, 0.6) is 5.88 Å². The molecule has 2 aromatic carbocycles. The van der Waals surface area contributed by atoms with Gasteiger partial charge in [-0.05, 0) is 67.3 Å². The van der Waals surface area contributed by atoms with Gasteiger partial charge >= 0.3 is 5.97 Å². The minimum absolute atomic E-state index is 0.0667. The summed E-state index contributed by atoms with van der Waals surface area (Å²) in [5.41, 5.74) is 2.93. The summed E-state index contributed by atoms with van der Waals surface area (Å²) in [6.45, 7) is 6.13. The molecule has 196 valence electrons. The van der Waals surface area contributed by atoms with E-state index in [1.54, 1.807) is 25.3 Å². The van der Waals surface area contributed by atoms with Crippen molar-refractivity contribution in [2.75, 3.05) is 6.54 Å². The van der Waals surface area contributed by atoms with Crippen LogP contribution in [0.1, 0.15) is 51.6 Å². The predicted octanol–water partition coefficient (Wildman–Crippen LogP) is 5.27. The fourth-order valence-corrected chi connectivity index (χ4v) is 5.95. The Morgan fingerprint density at radius 2 is 1.92 bits per heavy atom. The second-order valence-corrected chi connectivity index (χ2v) is 10.9. The van der Waals surface area contributed by atoms with Crippen molar-refractivity contribution >= 4 is 33.6 Å². The standard InChI is InChI=1S/C29H29FN4O4/c1-15(2)25-24(17-4-6-19(30)7-5-17)21-10-18-14-31-33-23(18)11-22(21)26(32-25)38-20-12-29(13-20)8-9-34(28(29)37)16(3)27(35)36/h4-7,10-11,14-16,20H,8-9,12-13H2,1-3H3,(H,31,33)(H,35,36)/t16?,20-,29-. The molecular formula is C29H29FN4O4. The van der Waals surface area contributed by atoms with Gasteiger partial charge in [0.05, 0.1) is 22.8 Å². The van der Waals surface area contributed by atoms with Crippen LogP contribution in [0, 0.1) is 11.2 Å². The molecular weight excluding hydrogens is 487 g/mol. The van der Waals surface area contributed by atoms with Gasteiger partial charge in [0.15, 0.2) is 0 Å². The van der Waals surface area contributed by atoms with E-state index in [0.717, 1.165) is 38.5 Å². The van der Waals surface area contributed by atoms with E-state index in [2.05, 4.69) is 30.1 Å². The number of likely N-dealkylation sites (tertiary alicyclic amines) is 1. The number of aromatic amines is 1. The molecule has 8 nitrogen and oxygen atoms in total. The van der Waals surface area contributed by atoms with Crippen LogP contribution < -0.4 is 4.74 Å². The average Bonchev–Trinajstić information content (AvgIpc) is 3.46. The van der Waals surface area contributed by atoms with Gasteiger partial charge in [-0.15, -0.1) is 0 Å². The number of ether oxygens (including phenoxy) is 1. The Morgan fingerprint density at radius 3 is 2.61 bits per heavy atom. The molecule has 4 aromatic rings. The third-order valence-electron chi connectivity index (χ3n) is 8.12. The predicted molar refractivity (Wildman–Crippen MR) is 140 cm³/mol. The van der Waals surface area contributed by atoms with Crippen molar-refractivity contribution < 1.29 is 23.8 Å². The molecule has 38 heavy (non-hydrogen) atoms. The zero-order valence-corrected chi connectivity index (χ0v) is 21.5. The van der Waals surface area contributed by atoms with Crippen molar-refractivity contribution in [2.24, 2.45) is 5.41 Å². The number of aliphatic carboxylic acids is 1. The van der Waals surface area contributed by atoms with E-state index >= 15 is 0 Å². The summed E-state index contributed by atoms with van der Waals surface area (Å²) in [4.78, 5) is 31.0. The van der Waals surface area contributed by atoms with Crippen molar-refractivity contribution in [3.8, 4) is 17.0 Å². The number of carboxylic acids is 1. The van der Waals surface area contributed by atoms with Gasteiger partial charge in [0, 0.05) is 22.9 Å². The van der Waals surface area contributed by atoms with Crippen LogP contribution in [0.2, 0.25) is 0 Å². The van der Waals surface area contributed by atoms with Crippen LogP contribution >= 0.6 is 0 Å². The average molecular weight is 517 g/mol. The highest BCUT2D eigenvalue weighted by Gasteiger charge is 2.57. The number of hydrogen-bond donors (Lipinski definition) is 2. The summed E-state index contributed by atoms with van der Waals surface area (Å²) in [6.07, 6.45) is 3.25. The molecule has 1 atom stereocenters. The number of H-pyrrole nitrogens is 1. The van der Waals surface area contributed by atoms with Gasteiger partial charge in [0.25, 0.3) is 0 Å². The highest BCUT2D eigenvalue weighted by molar-refractivity contribution is 6.06. The molecule has 1 spiro atoms. The first-order chi connectivity index (χ1) is 18.2. The lowest BCUT2D eigenvalue weighted by molar-refractivity contribution is -0.154. The van der Waals surface area contributed by atoms with Gasteiger partial charge < -0.3 is 14.7 Å². The van der Waals surface area contributed by atoms with E-state index in [9.17, 15) is 19.1 Å². The monoisotopic (exact) mass is 516 g/mol. The molecule has 6 rings (SSSR count). The quantitative estimate of drug-likeness (QED) is 0.361. The second-order valence-electron chi connectivity index (χ2n) is 10.9. The molecule has 9 heteroatoms. The van der Waals surface area contributed by atoms with Crippen LogP contribution in [-0.4, -0.2) is 55.8 Å². The second kappa shape index (κ2) is 8.79. The van der Waals surface area contributed by atoms with E-state index in [1.165, 1.54) is 17.0 Å². The van der Waals surface area contributed by atoms with Gasteiger partial charge in [-0.2, -0.15) is 5.10 Å². The van der Waals surface area contributed by atoms with Crippen molar-refractivity contribution in [3.05, 3.63) is 54.1 Å². The van der Waals surface area contributed by atoms with Gasteiger partial charge in [-0.3, -0.25) is 9.89 Å². The smallest absolute Gasteiger partial charge is 0.326 e. The molecule has 3 heterocycles. The normalized spacial score (nSPS) is 22.0. The van der Waals surface area contributed by atoms with Crippen molar-refractivity contribution in [3.63, 3.8) is 0 Å². The Bertz CT molecular complexity index is 1570. The minimum Gasteiger partial charge on any atom is -0.480 e. The number of carbonyl (C=O) groups is 2. The van der Waals surface area contributed by atoms with Crippen LogP contribution in [0.25, 0.3) is 32.8 Å². The van der Waals surface area contributed by atoms with E-state index in [0.29, 0.717) is 31.7 Å². The number of carbonyl (C=O) groups excluding carboxylic acids is 1. The number of pyridine rings is 1. The van der Waals surface area contributed by atoms with E-state index < -0.39 is 17.4 Å². The summed E-state index contributed by atoms with van der Waals surface area (Å²) < 4.78 is 20.2. The molecule has 2 aromatic heterocycles. The van der Waals surface area contributed by atoms with Crippen molar-refractivity contribution in [1.29, 1.82) is 0 Å². The molecule has 2 aliphatic rings. The van der Waals surface area contributed by atoms with E-state index in [-0.39, 0.29) is 23.7 Å². The van der Waals surface area contributed by atoms with Gasteiger partial charge in [-0.25, -0.2) is 14.2 Å². The van der Waals surface area contributed by atoms with Gasteiger partial charge in [0.1, 0.15) is 18.0 Å². The topological polar surface area (TPSA) is 108 Å². The van der Waals surface area contributed by atoms with Gasteiger partial charge in [0.2, 0.25) is 11.8 Å². The Hall–Kier alpha value is -4.01. The number of benzene rings is 2. The lowest BCUT2D eigenvalue weighted by Gasteiger charge is -2.43. The minimum atomic E-state index is -0.995. The Labute approximate surface area is 218 Å². The third kappa shape index (κ3) is 3.79. The van der Waals surface area contributed by atoms with E-state index in [4.69, 9.17) is 9.72 Å². The molecule has 1 aliphatic heterocycles. The zero-order valence-electron chi connectivity index (χ0n) is 21.5. The number of halogens is 1. The summed E-state index contributed by atoms with van der Waals surface area (Å²) in [5, 5.41) is 19.3. The lowest BCUT2D eigenvalue weighted by atomic mass is 9.65. The molecule has 1 aliphatic carbocycles.